The second-order valence-electron chi connectivity index (χ2n) is 20.0. The first-order valence-electron chi connectivity index (χ1n) is 24.5. The van der Waals surface area contributed by atoms with Crippen LogP contribution in [0.3, 0.4) is 0 Å². The number of carbonyl (C=O) groups excluding carboxylic acids is 2. The smallest absolute Gasteiger partial charge is 0.408 e. The summed E-state index contributed by atoms with van der Waals surface area (Å²) in [5.74, 6) is 2.45. The molecule has 6 atom stereocenters. The Bertz CT molecular complexity index is 3380. The number of ether oxygens (including phenoxy) is 4. The lowest BCUT2D eigenvalue weighted by Crippen LogP contribution is -2.68. The Balaban J connectivity index is 0.718. The van der Waals surface area contributed by atoms with Crippen LogP contribution < -0.4 is 25.7 Å². The fourth-order valence-electron chi connectivity index (χ4n) is 10.7. The van der Waals surface area contributed by atoms with E-state index in [1.165, 1.54) is 0 Å². The Kier molecular flexibility index (Phi) is 11.0. The molecule has 3 aliphatic carbocycles. The molecule has 25 heteroatoms. The zero-order valence-electron chi connectivity index (χ0n) is 39.7. The van der Waals surface area contributed by atoms with Crippen LogP contribution >= 0.6 is 0 Å². The van der Waals surface area contributed by atoms with Crippen LogP contribution in [0.1, 0.15) is 68.8 Å². The summed E-state index contributed by atoms with van der Waals surface area (Å²) in [6, 6.07) is 11.2. The highest BCUT2D eigenvalue weighted by molar-refractivity contribution is 5.93. The molecule has 3 saturated heterocycles. The summed E-state index contributed by atoms with van der Waals surface area (Å²) >= 11 is 0. The van der Waals surface area contributed by atoms with Crippen LogP contribution in [0.2, 0.25) is 0 Å². The number of carbonyl (C=O) groups is 2. The number of rotatable bonds is 15. The third-order valence-corrected chi connectivity index (χ3v) is 14.6. The van der Waals surface area contributed by atoms with Gasteiger partial charge in [-0.05, 0) is 76.2 Å². The van der Waals surface area contributed by atoms with Crippen LogP contribution in [-0.4, -0.2) is 134 Å². The Labute approximate surface area is 413 Å². The molecule has 2 bridgehead atoms. The van der Waals surface area contributed by atoms with Crippen LogP contribution in [0.15, 0.2) is 73.6 Å². The van der Waals surface area contributed by atoms with Gasteiger partial charge in [0.2, 0.25) is 5.65 Å². The van der Waals surface area contributed by atoms with Crippen LogP contribution in [0.4, 0.5) is 41.8 Å². The van der Waals surface area contributed by atoms with Crippen molar-refractivity contribution in [1.82, 2.24) is 69.9 Å². The topological polar surface area (TPSA) is 250 Å². The van der Waals surface area contributed by atoms with E-state index >= 15 is 8.78 Å². The van der Waals surface area contributed by atoms with E-state index in [2.05, 4.69) is 78.5 Å². The molecule has 14 rings (SSSR count). The molecule has 3 saturated carbocycles. The van der Waals surface area contributed by atoms with Gasteiger partial charge in [0.15, 0.2) is 48.7 Å². The second kappa shape index (κ2) is 17.8. The number of benzene rings is 1. The van der Waals surface area contributed by atoms with Gasteiger partial charge in [0, 0.05) is 53.1 Å². The van der Waals surface area contributed by atoms with Gasteiger partial charge in [0.05, 0.1) is 61.5 Å². The number of halogens is 2. The van der Waals surface area contributed by atoms with Gasteiger partial charge in [-0.15, -0.1) is 10.1 Å². The van der Waals surface area contributed by atoms with Gasteiger partial charge >= 0.3 is 18.1 Å². The third kappa shape index (κ3) is 8.29. The summed E-state index contributed by atoms with van der Waals surface area (Å²) in [6.45, 7) is 6.53. The molecule has 0 spiro atoms. The molecular weight excluding hydrogens is 949 g/mol. The summed E-state index contributed by atoms with van der Waals surface area (Å²) in [5, 5.41) is 37.0. The molecule has 10 heterocycles. The number of hydrogen-bond donors (Lipinski definition) is 6. The maximum Gasteiger partial charge on any atom is 0.408 e. The first kappa shape index (κ1) is 45.1. The zero-order chi connectivity index (χ0) is 49.5. The summed E-state index contributed by atoms with van der Waals surface area (Å²) in [7, 11) is 0. The average molecular weight is 1000 g/mol. The first-order valence-corrected chi connectivity index (χ1v) is 24.5. The molecule has 0 unspecified atom stereocenters. The van der Waals surface area contributed by atoms with Crippen molar-refractivity contribution in [2.75, 3.05) is 36.9 Å². The minimum Gasteiger partial charge on any atom is -0.441 e. The van der Waals surface area contributed by atoms with Crippen molar-refractivity contribution >= 4 is 57.7 Å². The summed E-state index contributed by atoms with van der Waals surface area (Å²) in [6.07, 6.45) is 6.22. The van der Waals surface area contributed by atoms with E-state index in [0.717, 1.165) is 72.1 Å². The lowest BCUT2D eigenvalue weighted by molar-refractivity contribution is -0.498. The Hall–Kier alpha value is -7.77. The van der Waals surface area contributed by atoms with Crippen LogP contribution in [-0.2, 0) is 32.2 Å². The molecule has 23 nitrogen and oxygen atoms in total. The number of anilines is 4. The number of nitrogens with zero attached hydrogens (tertiary/aromatic N) is 11. The number of H-pyrrole nitrogens is 2. The lowest BCUT2D eigenvalue weighted by Gasteiger charge is -2.61. The van der Waals surface area contributed by atoms with Gasteiger partial charge in [0.25, 0.3) is 0 Å². The van der Waals surface area contributed by atoms with Gasteiger partial charge in [-0.25, -0.2) is 37.9 Å². The van der Waals surface area contributed by atoms with E-state index in [-0.39, 0.29) is 24.8 Å². The Morgan fingerprint density at radius 1 is 0.890 bits per heavy atom. The van der Waals surface area contributed by atoms with Crippen molar-refractivity contribution in [2.24, 2.45) is 5.92 Å². The quantitative estimate of drug-likeness (QED) is 0.0714. The van der Waals surface area contributed by atoms with Gasteiger partial charge in [-0.1, -0.05) is 6.07 Å². The van der Waals surface area contributed by atoms with E-state index in [4.69, 9.17) is 24.0 Å². The van der Waals surface area contributed by atoms with Crippen molar-refractivity contribution in [3.8, 4) is 11.1 Å². The highest BCUT2D eigenvalue weighted by Crippen LogP contribution is 2.57. The standard InChI is InChI=1S/C48H51F2N17O6/c1-25(2)55-46(68)72-34-22-70-42(39(34)49)31-13-36(61-59-31)56-44-41-30(19-54-66(41)11-8-51-44)27-4-5-33-28(12-27)18-53-67(33)24-65-29(20-63-9-3-10-63)21-64-38(65)6-7-52-45(64)57-37-14-32(60-62-37)43-40(50)35(23-71-43)73-47(69)58-48-15-26(16-48)17-48/h4-8,11-14,18-19,21,25-26,34-35,39-40,42-43H,3,9-10,15-17,20,22-24H2,1-2H3,(H5,51,54,55,56,58,59,60,61,62,68,69)/p+1/t26?,34-,35-,39-,40+,42-,43-,48?/m1/s1. The van der Waals surface area contributed by atoms with E-state index in [1.54, 1.807) is 55.3 Å². The van der Waals surface area contributed by atoms with Crippen molar-refractivity contribution in [3.63, 3.8) is 0 Å². The minimum absolute atomic E-state index is 0.0641. The van der Waals surface area contributed by atoms with Crippen LogP contribution in [0.5, 0.6) is 0 Å². The maximum absolute atomic E-state index is 15.7. The van der Waals surface area contributed by atoms with Crippen molar-refractivity contribution in [2.45, 2.75) is 101 Å². The van der Waals surface area contributed by atoms with E-state index in [9.17, 15) is 9.59 Å². The number of fused-ring (bicyclic) bond motifs is 3. The maximum atomic E-state index is 15.7. The fourth-order valence-corrected chi connectivity index (χ4v) is 10.7. The van der Waals surface area contributed by atoms with Crippen LogP contribution in [0, 0.1) is 5.92 Å². The molecule has 1 aromatic carbocycles. The number of imidazole rings is 1. The van der Waals surface area contributed by atoms with Gasteiger partial charge in [-0.2, -0.15) is 19.7 Å². The Morgan fingerprint density at radius 2 is 1.62 bits per heavy atom. The van der Waals surface area contributed by atoms with E-state index in [0.29, 0.717) is 59.4 Å². The average Bonchev–Trinajstić information content (AvgIpc) is 4.21. The number of aromatic nitrogens is 12. The highest BCUT2D eigenvalue weighted by Gasteiger charge is 2.58. The molecule has 6 aliphatic rings. The van der Waals surface area contributed by atoms with Gasteiger partial charge in [-0.3, -0.25) is 19.7 Å². The number of likely N-dealkylation sites (tertiary alicyclic amines) is 1. The van der Waals surface area contributed by atoms with Crippen molar-refractivity contribution in [1.29, 1.82) is 0 Å². The van der Waals surface area contributed by atoms with Crippen molar-refractivity contribution in [3.05, 3.63) is 90.7 Å². The number of aromatic amines is 2. The van der Waals surface area contributed by atoms with Crippen molar-refractivity contribution < 1.29 is 41.7 Å². The number of alkyl carbamates (subject to hydrolysis) is 2. The van der Waals surface area contributed by atoms with E-state index in [1.807, 2.05) is 33.5 Å². The normalized spacial score (nSPS) is 25.5. The predicted molar refractivity (Wildman–Crippen MR) is 255 cm³/mol. The molecule has 7 aromatic heterocycles. The molecule has 8 aromatic rings. The molecule has 3 aliphatic heterocycles. The lowest BCUT2D eigenvalue weighted by atomic mass is 9.50. The number of nitrogens with one attached hydrogen (secondary N) is 6. The monoisotopic (exact) mass is 1000 g/mol. The van der Waals surface area contributed by atoms with Crippen LogP contribution in [0.25, 0.3) is 33.2 Å². The SMILES string of the molecule is CC(C)NC(=O)O[C@@H]1CO[C@H](c2cc(Nc3nccn4ncc(-c5ccc6c(cnn6Cn6c(CN7CCC7)c[n+]7c(Nc8cc([C@H]9OC[C@@H](OC(=O)NC%10%11CC(C%10)C%11)[C@@H]9F)[nH]n8)nccc67)c5)c34)n[nH]2)[C@@H]1F. The van der Waals surface area contributed by atoms with Gasteiger partial charge in [0.1, 0.15) is 23.4 Å². The zero-order valence-corrected chi connectivity index (χ0v) is 39.7. The van der Waals surface area contributed by atoms with Gasteiger partial charge < -0.3 is 34.9 Å². The predicted octanol–water partition coefficient (Wildman–Crippen LogP) is 5.30. The molecule has 6 N–H and O–H groups in total. The molecule has 2 amide bonds. The number of alkyl halides is 2. The molecular formula is C48H52F2N17O6+. The largest absolute Gasteiger partial charge is 0.441 e. The molecule has 73 heavy (non-hydrogen) atoms. The molecule has 6 fully saturated rings. The molecule has 0 radical (unpaired) electrons. The minimum atomic E-state index is -1.61. The van der Waals surface area contributed by atoms with E-state index < -0.39 is 48.9 Å². The summed E-state index contributed by atoms with van der Waals surface area (Å²) in [5.41, 5.74) is 5.82. The number of hydrogen-bond acceptors (Lipinski definition) is 15. The molecule has 378 valence electrons. The number of amides is 2. The highest BCUT2D eigenvalue weighted by atomic mass is 19.1. The Morgan fingerprint density at radius 3 is 2.30 bits per heavy atom. The second-order valence-corrected chi connectivity index (χ2v) is 20.0. The summed E-state index contributed by atoms with van der Waals surface area (Å²) in [4.78, 5) is 36.4. The first-order chi connectivity index (χ1) is 35.5. The fraction of sp³-hybridized carbons (Fsp3) is 0.438. The summed E-state index contributed by atoms with van der Waals surface area (Å²) < 4.78 is 61.2. The third-order valence-electron chi connectivity index (χ3n) is 14.6.